The van der Waals surface area contributed by atoms with Crippen LogP contribution in [0.25, 0.3) is 0 Å². The summed E-state index contributed by atoms with van der Waals surface area (Å²) >= 11 is 5.30. The van der Waals surface area contributed by atoms with E-state index in [1.807, 2.05) is 0 Å². The van der Waals surface area contributed by atoms with Gasteiger partial charge in [0.2, 0.25) is 10.0 Å². The van der Waals surface area contributed by atoms with Gasteiger partial charge in [-0.05, 0) is 6.42 Å². The Kier molecular flexibility index (Phi) is 7.01. The smallest absolute Gasteiger partial charge is 0.212 e. The number of halogens is 4. The van der Waals surface area contributed by atoms with Crippen molar-refractivity contribution < 1.29 is 21.6 Å². The molecule has 0 atom stereocenters. The molecular weight excluding hydrogens is 267 g/mol. The molecule has 0 saturated carbocycles. The minimum Gasteiger partial charge on any atom is -0.212 e. The molecule has 0 bridgehead atoms. The Labute approximate surface area is 97.7 Å². The Morgan fingerprint density at radius 1 is 1.25 bits per heavy atom. The third kappa shape index (κ3) is 10.3. The Morgan fingerprint density at radius 2 is 1.88 bits per heavy atom. The number of alkyl halides is 4. The SMILES string of the molecule is O=S(=O)(CCCC(F)(F)F)NC/C=C/CCl. The molecule has 0 saturated heterocycles. The van der Waals surface area contributed by atoms with E-state index in [1.54, 1.807) is 6.08 Å². The van der Waals surface area contributed by atoms with E-state index in [9.17, 15) is 21.6 Å². The third-order valence-corrected chi connectivity index (χ3v) is 3.16. The van der Waals surface area contributed by atoms with Crippen molar-refractivity contribution in [3.63, 3.8) is 0 Å². The van der Waals surface area contributed by atoms with Crippen LogP contribution in [0, 0.1) is 0 Å². The second-order valence-corrected chi connectivity index (χ2v) is 5.25. The summed E-state index contributed by atoms with van der Waals surface area (Å²) in [6, 6.07) is 0. The maximum atomic E-state index is 11.7. The normalized spacial score (nSPS) is 13.5. The van der Waals surface area contributed by atoms with Crippen LogP contribution in [0.15, 0.2) is 12.2 Å². The van der Waals surface area contributed by atoms with Gasteiger partial charge in [-0.3, -0.25) is 0 Å². The lowest BCUT2D eigenvalue weighted by atomic mass is 10.3. The fraction of sp³-hybridized carbons (Fsp3) is 0.750. The molecule has 96 valence electrons. The summed E-state index contributed by atoms with van der Waals surface area (Å²) in [4.78, 5) is 0. The molecule has 0 rings (SSSR count). The first-order valence-electron chi connectivity index (χ1n) is 4.52. The van der Waals surface area contributed by atoms with Crippen molar-refractivity contribution in [1.29, 1.82) is 0 Å². The second-order valence-electron chi connectivity index (χ2n) is 3.01. The minimum absolute atomic E-state index is 0.0427. The molecule has 0 radical (unpaired) electrons. The number of sulfonamides is 1. The van der Waals surface area contributed by atoms with Crippen molar-refractivity contribution in [2.75, 3.05) is 18.2 Å². The van der Waals surface area contributed by atoms with Gasteiger partial charge in [-0.1, -0.05) is 12.2 Å². The topological polar surface area (TPSA) is 46.2 Å². The summed E-state index contributed by atoms with van der Waals surface area (Å²) < 4.78 is 59.6. The number of nitrogens with one attached hydrogen (secondary N) is 1. The molecule has 0 heterocycles. The van der Waals surface area contributed by atoms with Gasteiger partial charge in [-0.25, -0.2) is 13.1 Å². The van der Waals surface area contributed by atoms with Crippen molar-refractivity contribution >= 4 is 21.6 Å². The Bertz CT molecular complexity index is 314. The monoisotopic (exact) mass is 279 g/mol. The molecule has 0 aromatic heterocycles. The highest BCUT2D eigenvalue weighted by Crippen LogP contribution is 2.21. The van der Waals surface area contributed by atoms with Crippen molar-refractivity contribution in [1.82, 2.24) is 4.72 Å². The molecule has 0 aliphatic carbocycles. The maximum Gasteiger partial charge on any atom is 0.389 e. The van der Waals surface area contributed by atoms with Crippen molar-refractivity contribution in [3.8, 4) is 0 Å². The van der Waals surface area contributed by atoms with Gasteiger partial charge in [0.1, 0.15) is 0 Å². The van der Waals surface area contributed by atoms with Crippen LogP contribution in [0.5, 0.6) is 0 Å². The minimum atomic E-state index is -4.31. The third-order valence-electron chi connectivity index (χ3n) is 1.55. The molecule has 0 aliphatic rings. The molecule has 0 aliphatic heterocycles. The molecule has 0 amide bonds. The molecule has 0 fully saturated rings. The molecule has 3 nitrogen and oxygen atoms in total. The van der Waals surface area contributed by atoms with E-state index < -0.39 is 34.8 Å². The van der Waals surface area contributed by atoms with E-state index in [0.717, 1.165) is 0 Å². The molecule has 0 aromatic rings. The number of rotatable bonds is 7. The zero-order chi connectivity index (χ0) is 12.7. The van der Waals surface area contributed by atoms with Crippen LogP contribution >= 0.6 is 11.6 Å². The predicted molar refractivity (Wildman–Crippen MR) is 56.9 cm³/mol. The fourth-order valence-electron chi connectivity index (χ4n) is 0.856. The van der Waals surface area contributed by atoms with Gasteiger partial charge in [0.15, 0.2) is 0 Å². The van der Waals surface area contributed by atoms with Crippen molar-refractivity contribution in [3.05, 3.63) is 12.2 Å². The Balaban J connectivity index is 3.84. The van der Waals surface area contributed by atoms with Gasteiger partial charge in [0, 0.05) is 18.8 Å². The molecular formula is C8H13ClF3NO2S. The predicted octanol–water partition coefficient (Wildman–Crippen LogP) is 2.04. The zero-order valence-electron chi connectivity index (χ0n) is 8.43. The lowest BCUT2D eigenvalue weighted by Crippen LogP contribution is -2.27. The van der Waals surface area contributed by atoms with Gasteiger partial charge in [-0.2, -0.15) is 13.2 Å². The Hall–Kier alpha value is -0.270. The lowest BCUT2D eigenvalue weighted by Gasteiger charge is -2.06. The highest BCUT2D eigenvalue weighted by molar-refractivity contribution is 7.89. The highest BCUT2D eigenvalue weighted by atomic mass is 35.5. The number of hydrogen-bond donors (Lipinski definition) is 1. The zero-order valence-corrected chi connectivity index (χ0v) is 10.00. The van der Waals surface area contributed by atoms with E-state index in [4.69, 9.17) is 11.6 Å². The van der Waals surface area contributed by atoms with Gasteiger partial charge >= 0.3 is 6.18 Å². The average molecular weight is 280 g/mol. The lowest BCUT2D eigenvalue weighted by molar-refractivity contribution is -0.134. The van der Waals surface area contributed by atoms with Gasteiger partial charge in [0.25, 0.3) is 0 Å². The van der Waals surface area contributed by atoms with Crippen molar-refractivity contribution in [2.24, 2.45) is 0 Å². The van der Waals surface area contributed by atoms with E-state index in [2.05, 4.69) is 4.72 Å². The van der Waals surface area contributed by atoms with Crippen LogP contribution in [0.2, 0.25) is 0 Å². The van der Waals surface area contributed by atoms with Crippen LogP contribution < -0.4 is 4.72 Å². The van der Waals surface area contributed by atoms with Crippen LogP contribution in [-0.2, 0) is 10.0 Å². The van der Waals surface area contributed by atoms with Crippen LogP contribution in [0.3, 0.4) is 0 Å². The van der Waals surface area contributed by atoms with Crippen molar-refractivity contribution in [2.45, 2.75) is 19.0 Å². The fourth-order valence-corrected chi connectivity index (χ4v) is 2.00. The highest BCUT2D eigenvalue weighted by Gasteiger charge is 2.27. The standard InChI is InChI=1S/C8H13ClF3NO2S/c9-5-1-2-6-13-16(14,15)7-3-4-8(10,11)12/h1-2,13H,3-7H2/b2-1+. The number of hydrogen-bond acceptors (Lipinski definition) is 2. The van der Waals surface area contributed by atoms with Gasteiger partial charge < -0.3 is 0 Å². The van der Waals surface area contributed by atoms with E-state index in [-0.39, 0.29) is 12.4 Å². The van der Waals surface area contributed by atoms with E-state index >= 15 is 0 Å². The molecule has 0 unspecified atom stereocenters. The van der Waals surface area contributed by atoms with Crippen LogP contribution in [0.1, 0.15) is 12.8 Å². The van der Waals surface area contributed by atoms with Crippen LogP contribution in [-0.4, -0.2) is 32.8 Å². The summed E-state index contributed by atoms with van der Waals surface area (Å²) in [6.45, 7) is 0.0427. The largest absolute Gasteiger partial charge is 0.389 e. The summed E-state index contributed by atoms with van der Waals surface area (Å²) in [5.41, 5.74) is 0. The first kappa shape index (κ1) is 15.7. The second kappa shape index (κ2) is 7.13. The Morgan fingerprint density at radius 3 is 2.38 bits per heavy atom. The molecule has 0 spiro atoms. The molecule has 0 aromatic carbocycles. The maximum absolute atomic E-state index is 11.7. The molecule has 1 N–H and O–H groups in total. The van der Waals surface area contributed by atoms with Gasteiger partial charge in [0.05, 0.1) is 5.75 Å². The summed E-state index contributed by atoms with van der Waals surface area (Å²) in [6.07, 6.45) is -2.80. The van der Waals surface area contributed by atoms with Crippen LogP contribution in [0.4, 0.5) is 13.2 Å². The summed E-state index contributed by atoms with van der Waals surface area (Å²) in [5.74, 6) is -0.267. The summed E-state index contributed by atoms with van der Waals surface area (Å²) in [7, 11) is -3.63. The first-order valence-corrected chi connectivity index (χ1v) is 6.70. The quantitative estimate of drug-likeness (QED) is 0.573. The van der Waals surface area contributed by atoms with E-state index in [1.165, 1.54) is 6.08 Å². The first-order chi connectivity index (χ1) is 7.27. The van der Waals surface area contributed by atoms with Gasteiger partial charge in [-0.15, -0.1) is 11.6 Å². The molecule has 16 heavy (non-hydrogen) atoms. The van der Waals surface area contributed by atoms with E-state index in [0.29, 0.717) is 0 Å². The summed E-state index contributed by atoms with van der Waals surface area (Å²) in [5, 5.41) is 0. The molecule has 8 heteroatoms. The number of allylic oxidation sites excluding steroid dienone is 1. The average Bonchev–Trinajstić information content (AvgIpc) is 2.10.